The van der Waals surface area contributed by atoms with Gasteiger partial charge in [-0.05, 0) is 37.3 Å². The van der Waals surface area contributed by atoms with Gasteiger partial charge in [-0.3, -0.25) is 14.4 Å². The topological polar surface area (TPSA) is 50.2 Å². The zero-order chi connectivity index (χ0) is 16.9. The molecule has 1 unspecified atom stereocenters. The number of hydrogen-bond acceptors (Lipinski definition) is 4. The first kappa shape index (κ1) is 17.2. The van der Waals surface area contributed by atoms with Crippen LogP contribution in [0.4, 0.5) is 0 Å². The Kier molecular flexibility index (Phi) is 5.68. The van der Waals surface area contributed by atoms with Crippen LogP contribution >= 0.6 is 11.3 Å². The normalized spacial score (nSPS) is 18.7. The van der Waals surface area contributed by atoms with E-state index < -0.39 is 0 Å². The van der Waals surface area contributed by atoms with Crippen LogP contribution in [0.3, 0.4) is 0 Å². The molecule has 6 heteroatoms. The molecule has 1 fully saturated rings. The predicted molar refractivity (Wildman–Crippen MR) is 97.8 cm³/mol. The minimum Gasteiger partial charge on any atom is -0.356 e. The van der Waals surface area contributed by atoms with E-state index in [2.05, 4.69) is 45.9 Å². The third-order valence-electron chi connectivity index (χ3n) is 4.48. The third kappa shape index (κ3) is 4.05. The van der Waals surface area contributed by atoms with E-state index in [1.807, 2.05) is 11.7 Å². The Balaban J connectivity index is 1.67. The number of hydrogen-bond donors (Lipinski definition) is 1. The van der Waals surface area contributed by atoms with Crippen LogP contribution in [0.1, 0.15) is 31.7 Å². The summed E-state index contributed by atoms with van der Waals surface area (Å²) in [6.07, 6.45) is 5.17. The highest BCUT2D eigenvalue weighted by molar-refractivity contribution is 7.13. The van der Waals surface area contributed by atoms with E-state index in [1.165, 1.54) is 10.4 Å². The number of likely N-dealkylation sites (tertiary alicyclic amines) is 1. The summed E-state index contributed by atoms with van der Waals surface area (Å²) in [5.41, 5.74) is 2.32. The highest BCUT2D eigenvalue weighted by atomic mass is 32.1. The molecule has 3 heterocycles. The number of nitrogens with one attached hydrogen (secondary N) is 1. The SMILES string of the molecule is CCCNC(=O)C1CCCN(Cc2cn(C)nc2-c2cccs2)C1. The number of rotatable bonds is 6. The lowest BCUT2D eigenvalue weighted by atomic mass is 9.96. The summed E-state index contributed by atoms with van der Waals surface area (Å²) in [6.45, 7) is 5.62. The second kappa shape index (κ2) is 7.94. The molecule has 2 aromatic rings. The number of aromatic nitrogens is 2. The summed E-state index contributed by atoms with van der Waals surface area (Å²) >= 11 is 1.72. The molecular formula is C18H26N4OS. The van der Waals surface area contributed by atoms with Crippen molar-refractivity contribution in [2.24, 2.45) is 13.0 Å². The molecule has 1 aliphatic heterocycles. The Morgan fingerprint density at radius 1 is 1.50 bits per heavy atom. The minimum atomic E-state index is 0.118. The fourth-order valence-corrected chi connectivity index (χ4v) is 4.07. The molecule has 0 bridgehead atoms. The zero-order valence-electron chi connectivity index (χ0n) is 14.5. The molecule has 1 atom stereocenters. The number of piperidine rings is 1. The largest absolute Gasteiger partial charge is 0.356 e. The van der Waals surface area contributed by atoms with Crippen molar-refractivity contribution in [2.75, 3.05) is 19.6 Å². The van der Waals surface area contributed by atoms with Gasteiger partial charge < -0.3 is 5.32 Å². The predicted octanol–water partition coefficient (Wildman–Crippen LogP) is 2.89. The third-order valence-corrected chi connectivity index (χ3v) is 5.36. The van der Waals surface area contributed by atoms with Gasteiger partial charge in [-0.25, -0.2) is 0 Å². The average Bonchev–Trinajstić information content (AvgIpc) is 3.22. The second-order valence-corrected chi connectivity index (χ2v) is 7.47. The van der Waals surface area contributed by atoms with Crippen molar-refractivity contribution >= 4 is 17.2 Å². The smallest absolute Gasteiger partial charge is 0.224 e. The maximum Gasteiger partial charge on any atom is 0.224 e. The van der Waals surface area contributed by atoms with Crippen LogP contribution in [0.2, 0.25) is 0 Å². The maximum absolute atomic E-state index is 12.3. The van der Waals surface area contributed by atoms with Crippen molar-refractivity contribution in [1.82, 2.24) is 20.0 Å². The lowest BCUT2D eigenvalue weighted by Crippen LogP contribution is -2.42. The van der Waals surface area contributed by atoms with Gasteiger partial charge in [0.15, 0.2) is 0 Å². The van der Waals surface area contributed by atoms with Gasteiger partial charge in [0.2, 0.25) is 5.91 Å². The number of carbonyl (C=O) groups excluding carboxylic acids is 1. The van der Waals surface area contributed by atoms with Gasteiger partial charge >= 0.3 is 0 Å². The molecule has 3 rings (SSSR count). The van der Waals surface area contributed by atoms with Crippen molar-refractivity contribution in [3.8, 4) is 10.6 Å². The van der Waals surface area contributed by atoms with Gasteiger partial charge in [-0.1, -0.05) is 13.0 Å². The van der Waals surface area contributed by atoms with Crippen LogP contribution in [0.25, 0.3) is 10.6 Å². The molecule has 0 aliphatic carbocycles. The van der Waals surface area contributed by atoms with Crippen LogP contribution in [-0.2, 0) is 18.4 Å². The average molecular weight is 347 g/mol. The standard InChI is InChI=1S/C18H26N4OS/c1-3-8-19-18(23)14-6-4-9-22(12-14)13-15-11-21(2)20-17(15)16-7-5-10-24-16/h5,7,10-11,14H,3-4,6,8-9,12-13H2,1-2H3,(H,19,23). The Labute approximate surface area is 147 Å². The number of carbonyl (C=O) groups is 1. The van der Waals surface area contributed by atoms with Crippen LogP contribution in [0, 0.1) is 5.92 Å². The molecule has 24 heavy (non-hydrogen) atoms. The molecule has 2 aromatic heterocycles. The van der Waals surface area contributed by atoms with Gasteiger partial charge in [0, 0.05) is 38.4 Å². The number of thiophene rings is 1. The van der Waals surface area contributed by atoms with Gasteiger partial charge in [-0.2, -0.15) is 5.10 Å². The van der Waals surface area contributed by atoms with E-state index in [9.17, 15) is 4.79 Å². The van der Waals surface area contributed by atoms with Crippen molar-refractivity contribution < 1.29 is 4.79 Å². The van der Waals surface area contributed by atoms with Crippen molar-refractivity contribution in [3.05, 3.63) is 29.3 Å². The van der Waals surface area contributed by atoms with E-state index in [1.54, 1.807) is 11.3 Å². The number of amides is 1. The van der Waals surface area contributed by atoms with E-state index >= 15 is 0 Å². The maximum atomic E-state index is 12.3. The molecule has 0 radical (unpaired) electrons. The zero-order valence-corrected chi connectivity index (χ0v) is 15.3. The molecular weight excluding hydrogens is 320 g/mol. The minimum absolute atomic E-state index is 0.118. The monoisotopic (exact) mass is 346 g/mol. The Morgan fingerprint density at radius 3 is 3.12 bits per heavy atom. The van der Waals surface area contributed by atoms with E-state index in [0.29, 0.717) is 0 Å². The van der Waals surface area contributed by atoms with Gasteiger partial charge in [0.05, 0.1) is 10.8 Å². The number of aryl methyl sites for hydroxylation is 1. The van der Waals surface area contributed by atoms with Crippen LogP contribution in [0.15, 0.2) is 23.7 Å². The summed E-state index contributed by atoms with van der Waals surface area (Å²) in [7, 11) is 1.97. The van der Waals surface area contributed by atoms with Crippen LogP contribution in [0.5, 0.6) is 0 Å². The molecule has 130 valence electrons. The summed E-state index contributed by atoms with van der Waals surface area (Å²) < 4.78 is 1.89. The first-order valence-electron chi connectivity index (χ1n) is 8.74. The lowest BCUT2D eigenvalue weighted by molar-refractivity contribution is -0.126. The van der Waals surface area contributed by atoms with Crippen molar-refractivity contribution in [1.29, 1.82) is 0 Å². The highest BCUT2D eigenvalue weighted by Crippen LogP contribution is 2.28. The molecule has 0 saturated carbocycles. The molecule has 5 nitrogen and oxygen atoms in total. The highest BCUT2D eigenvalue weighted by Gasteiger charge is 2.26. The fraction of sp³-hybridized carbons (Fsp3) is 0.556. The van der Waals surface area contributed by atoms with E-state index in [0.717, 1.165) is 51.1 Å². The molecule has 1 aliphatic rings. The van der Waals surface area contributed by atoms with E-state index in [4.69, 9.17) is 0 Å². The first-order chi connectivity index (χ1) is 11.7. The Morgan fingerprint density at radius 2 is 2.38 bits per heavy atom. The molecule has 0 spiro atoms. The van der Waals surface area contributed by atoms with Crippen LogP contribution < -0.4 is 5.32 Å². The summed E-state index contributed by atoms with van der Waals surface area (Å²) in [6, 6.07) is 4.18. The number of nitrogens with zero attached hydrogens (tertiary/aromatic N) is 3. The first-order valence-corrected chi connectivity index (χ1v) is 9.61. The van der Waals surface area contributed by atoms with Gasteiger partial charge in [-0.15, -0.1) is 11.3 Å². The van der Waals surface area contributed by atoms with E-state index in [-0.39, 0.29) is 11.8 Å². The quantitative estimate of drug-likeness (QED) is 0.875. The van der Waals surface area contributed by atoms with Crippen molar-refractivity contribution in [3.63, 3.8) is 0 Å². The lowest BCUT2D eigenvalue weighted by Gasteiger charge is -2.31. The second-order valence-electron chi connectivity index (χ2n) is 6.52. The molecule has 1 amide bonds. The van der Waals surface area contributed by atoms with Gasteiger partial charge in [0.25, 0.3) is 0 Å². The summed E-state index contributed by atoms with van der Waals surface area (Å²) in [4.78, 5) is 15.9. The fourth-order valence-electron chi connectivity index (χ4n) is 3.32. The summed E-state index contributed by atoms with van der Waals surface area (Å²) in [5, 5.41) is 9.76. The Bertz CT molecular complexity index is 665. The molecule has 0 aromatic carbocycles. The molecule has 1 saturated heterocycles. The van der Waals surface area contributed by atoms with Gasteiger partial charge in [0.1, 0.15) is 5.69 Å². The van der Waals surface area contributed by atoms with Crippen LogP contribution in [-0.4, -0.2) is 40.2 Å². The molecule has 1 N–H and O–H groups in total. The summed E-state index contributed by atoms with van der Waals surface area (Å²) in [5.74, 6) is 0.332. The Hall–Kier alpha value is -1.66. The van der Waals surface area contributed by atoms with Crippen molar-refractivity contribution in [2.45, 2.75) is 32.7 Å².